The largest absolute Gasteiger partial charge is 0.480 e. The third kappa shape index (κ3) is 3.34. The van der Waals surface area contributed by atoms with Gasteiger partial charge in [0.25, 0.3) is 0 Å². The van der Waals surface area contributed by atoms with Crippen molar-refractivity contribution in [2.24, 2.45) is 0 Å². The normalized spacial score (nSPS) is 18.4. The summed E-state index contributed by atoms with van der Waals surface area (Å²) in [4.78, 5) is 19.7. The highest BCUT2D eigenvalue weighted by Crippen LogP contribution is 2.24. The summed E-state index contributed by atoms with van der Waals surface area (Å²) in [5, 5.41) is 10.4. The average molecular weight is 345 g/mol. The van der Waals surface area contributed by atoms with Gasteiger partial charge in [0, 0.05) is 24.2 Å². The predicted octanol–water partition coefficient (Wildman–Crippen LogP) is 1.29. The molecule has 0 fully saturated rings. The minimum atomic E-state index is -3.91. The van der Waals surface area contributed by atoms with Crippen LogP contribution in [0.3, 0.4) is 0 Å². The molecule has 1 aliphatic rings. The summed E-state index contributed by atoms with van der Waals surface area (Å²) in [5.41, 5.74) is 1.71. The average Bonchev–Trinajstić information content (AvgIpc) is 2.60. The quantitative estimate of drug-likeness (QED) is 0.896. The van der Waals surface area contributed by atoms with Gasteiger partial charge in [-0.25, -0.2) is 8.42 Å². The van der Waals surface area contributed by atoms with Crippen LogP contribution in [0.15, 0.2) is 48.1 Å². The molecule has 1 aromatic heterocycles. The van der Waals surface area contributed by atoms with E-state index in [1.54, 1.807) is 24.3 Å². The van der Waals surface area contributed by atoms with Crippen molar-refractivity contribution in [2.45, 2.75) is 19.0 Å². The van der Waals surface area contributed by atoms with Crippen LogP contribution >= 0.6 is 0 Å². The van der Waals surface area contributed by atoms with Gasteiger partial charge in [0.2, 0.25) is 10.0 Å². The molecule has 0 aliphatic carbocycles. The number of nitrogens with zero attached hydrogens (tertiary/aromatic N) is 3. The zero-order chi connectivity index (χ0) is 17.2. The summed E-state index contributed by atoms with van der Waals surface area (Å²) < 4.78 is 26.2. The van der Waals surface area contributed by atoms with Crippen LogP contribution in [0, 0.1) is 0 Å². The number of hydrogen-bond donors (Lipinski definition) is 1. The van der Waals surface area contributed by atoms with Crippen LogP contribution < -0.4 is 0 Å². The van der Waals surface area contributed by atoms with Gasteiger partial charge in [0.05, 0.1) is 17.9 Å². The molecule has 0 bridgehead atoms. The second-order valence-electron chi connectivity index (χ2n) is 5.31. The van der Waals surface area contributed by atoms with E-state index in [0.717, 1.165) is 9.71 Å². The molecule has 1 aliphatic heterocycles. The Balaban J connectivity index is 1.93. The maximum atomic E-state index is 12.6. The number of hydrogen-bond acceptors (Lipinski definition) is 5. The van der Waals surface area contributed by atoms with Crippen molar-refractivity contribution in [3.63, 3.8) is 0 Å². The van der Waals surface area contributed by atoms with E-state index in [1.165, 1.54) is 18.5 Å². The minimum Gasteiger partial charge on any atom is -0.480 e. The van der Waals surface area contributed by atoms with Crippen molar-refractivity contribution in [1.29, 1.82) is 0 Å². The Kier molecular flexibility index (Phi) is 4.41. The molecule has 1 unspecified atom stereocenters. The zero-order valence-corrected chi connectivity index (χ0v) is 13.4. The molecule has 0 radical (unpaired) electrons. The van der Waals surface area contributed by atoms with Gasteiger partial charge >= 0.3 is 5.97 Å². The van der Waals surface area contributed by atoms with E-state index < -0.39 is 22.0 Å². The molecule has 0 amide bonds. The second-order valence-corrected chi connectivity index (χ2v) is 7.08. The third-order valence-corrected chi connectivity index (χ3v) is 5.26. The van der Waals surface area contributed by atoms with Gasteiger partial charge in [-0.1, -0.05) is 30.3 Å². The van der Waals surface area contributed by atoms with Crippen LogP contribution in [0.2, 0.25) is 0 Å². The molecule has 2 aromatic rings. The summed E-state index contributed by atoms with van der Waals surface area (Å²) in [7, 11) is -3.91. The molecule has 1 aromatic carbocycles. The topological polar surface area (TPSA) is 100 Å². The van der Waals surface area contributed by atoms with Crippen molar-refractivity contribution in [3.05, 3.63) is 65.1 Å². The highest BCUT2D eigenvalue weighted by molar-refractivity contribution is 7.92. The third-order valence-electron chi connectivity index (χ3n) is 3.74. The number of carboxylic acid groups (broad SMARTS) is 1. The first-order chi connectivity index (χ1) is 11.5. The Bertz CT molecular complexity index is 881. The molecule has 7 nitrogen and oxygen atoms in total. The summed E-state index contributed by atoms with van der Waals surface area (Å²) in [6.45, 7) is -0.110. The molecule has 24 heavy (non-hydrogen) atoms. The van der Waals surface area contributed by atoms with Gasteiger partial charge in [-0.2, -0.15) is 4.31 Å². The van der Waals surface area contributed by atoms with Crippen molar-refractivity contribution >= 4 is 22.1 Å². The van der Waals surface area contributed by atoms with E-state index in [-0.39, 0.29) is 13.0 Å². The van der Waals surface area contributed by atoms with E-state index in [0.29, 0.717) is 17.0 Å². The zero-order valence-electron chi connectivity index (χ0n) is 12.6. The van der Waals surface area contributed by atoms with E-state index in [4.69, 9.17) is 0 Å². The molecular formula is C16H15N3O4S. The van der Waals surface area contributed by atoms with Gasteiger partial charge < -0.3 is 5.11 Å². The first-order valence-corrected chi connectivity index (χ1v) is 8.74. The van der Waals surface area contributed by atoms with E-state index in [2.05, 4.69) is 9.97 Å². The van der Waals surface area contributed by atoms with Crippen LogP contribution in [0.5, 0.6) is 0 Å². The lowest BCUT2D eigenvalue weighted by Gasteiger charge is -2.31. The summed E-state index contributed by atoms with van der Waals surface area (Å²) in [6.07, 6.45) is 4.37. The van der Waals surface area contributed by atoms with E-state index >= 15 is 0 Å². The first-order valence-electron chi connectivity index (χ1n) is 7.24. The molecule has 0 spiro atoms. The minimum absolute atomic E-state index is 0.00306. The molecule has 1 N–H and O–H groups in total. The van der Waals surface area contributed by atoms with Crippen molar-refractivity contribution in [1.82, 2.24) is 14.3 Å². The Hall–Kier alpha value is -2.58. The molecule has 2 heterocycles. The molecule has 1 atom stereocenters. The number of aromatic nitrogens is 2. The molecule has 124 valence electrons. The number of sulfonamides is 1. The smallest absolute Gasteiger partial charge is 0.322 e. The first kappa shape index (κ1) is 16.3. The Morgan fingerprint density at radius 2 is 1.83 bits per heavy atom. The lowest BCUT2D eigenvalue weighted by atomic mass is 10.1. The Morgan fingerprint density at radius 3 is 2.50 bits per heavy atom. The fourth-order valence-corrected chi connectivity index (χ4v) is 3.83. The van der Waals surface area contributed by atoms with Gasteiger partial charge in [-0.05, 0) is 11.6 Å². The molecule has 0 saturated carbocycles. The van der Waals surface area contributed by atoms with Crippen LogP contribution in [0.1, 0.15) is 17.0 Å². The van der Waals surface area contributed by atoms with Crippen molar-refractivity contribution in [3.8, 4) is 0 Å². The van der Waals surface area contributed by atoms with Gasteiger partial charge in [0.15, 0.2) is 0 Å². The number of fused-ring (bicyclic) bond motifs is 1. The summed E-state index contributed by atoms with van der Waals surface area (Å²) in [6, 6.07) is 7.74. The fraction of sp³-hybridized carbons (Fsp3) is 0.188. The van der Waals surface area contributed by atoms with Gasteiger partial charge in [0.1, 0.15) is 6.04 Å². The number of benzene rings is 1. The Morgan fingerprint density at radius 1 is 1.17 bits per heavy atom. The molecular weight excluding hydrogens is 330 g/mol. The van der Waals surface area contributed by atoms with Crippen molar-refractivity contribution in [2.75, 3.05) is 0 Å². The van der Waals surface area contributed by atoms with Crippen LogP contribution in [0.4, 0.5) is 0 Å². The highest BCUT2D eigenvalue weighted by Gasteiger charge is 2.38. The Labute approximate surface area is 139 Å². The molecule has 3 rings (SSSR count). The number of rotatable bonds is 4. The lowest BCUT2D eigenvalue weighted by Crippen LogP contribution is -2.48. The number of carboxylic acids is 1. The fourth-order valence-electron chi connectivity index (χ4n) is 2.53. The predicted molar refractivity (Wildman–Crippen MR) is 87.1 cm³/mol. The maximum absolute atomic E-state index is 12.6. The van der Waals surface area contributed by atoms with Crippen molar-refractivity contribution < 1.29 is 18.3 Å². The highest BCUT2D eigenvalue weighted by atomic mass is 32.2. The molecule has 8 heteroatoms. The number of aliphatic carboxylic acids is 1. The number of carbonyl (C=O) groups is 1. The second kappa shape index (κ2) is 6.50. The van der Waals surface area contributed by atoms with Crippen LogP contribution in [-0.2, 0) is 27.8 Å². The maximum Gasteiger partial charge on any atom is 0.322 e. The molecule has 0 saturated heterocycles. The van der Waals surface area contributed by atoms with E-state index in [1.807, 2.05) is 6.07 Å². The van der Waals surface area contributed by atoms with Crippen LogP contribution in [0.25, 0.3) is 6.08 Å². The SMILES string of the molecule is O=C(O)C1Cc2nccnc2CN1S(=O)(=O)/C=C/c1ccccc1. The van der Waals surface area contributed by atoms with E-state index in [9.17, 15) is 18.3 Å². The van der Waals surface area contributed by atoms with Crippen LogP contribution in [-0.4, -0.2) is 39.8 Å². The van der Waals surface area contributed by atoms with Gasteiger partial charge in [-0.15, -0.1) is 0 Å². The summed E-state index contributed by atoms with van der Waals surface area (Å²) in [5.74, 6) is -1.21. The lowest BCUT2D eigenvalue weighted by molar-refractivity contribution is -0.141. The monoisotopic (exact) mass is 345 g/mol. The standard InChI is InChI=1S/C16H15N3O4S/c20-16(21)15-10-13-14(18-8-7-17-13)11-19(15)24(22,23)9-6-12-4-2-1-3-5-12/h1-9,15H,10-11H2,(H,20,21)/b9-6+. The van der Waals surface area contributed by atoms with Gasteiger partial charge in [-0.3, -0.25) is 14.8 Å². The summed E-state index contributed by atoms with van der Waals surface area (Å²) >= 11 is 0.